The normalized spacial score (nSPS) is 17.0. The molecule has 0 aliphatic carbocycles. The molecule has 0 aromatic heterocycles. The number of carbonyl (C=O) groups excluding carboxylic acids is 1. The Morgan fingerprint density at radius 2 is 2.05 bits per heavy atom. The van der Waals surface area contributed by atoms with E-state index in [1.807, 2.05) is 24.3 Å². The van der Waals surface area contributed by atoms with Crippen molar-refractivity contribution in [3.05, 3.63) is 64.4 Å². The molecule has 2 aromatic rings. The van der Waals surface area contributed by atoms with Crippen molar-refractivity contribution in [1.82, 2.24) is 0 Å². The molecule has 0 spiro atoms. The second kappa shape index (κ2) is 5.86. The van der Waals surface area contributed by atoms with Gasteiger partial charge in [-0.25, -0.2) is 4.39 Å². The van der Waals surface area contributed by atoms with Gasteiger partial charge in [0.25, 0.3) is 0 Å². The zero-order chi connectivity index (χ0) is 14.8. The fourth-order valence-electron chi connectivity index (χ4n) is 2.80. The third-order valence-electron chi connectivity index (χ3n) is 3.87. The van der Waals surface area contributed by atoms with Crippen LogP contribution in [-0.2, 0) is 11.2 Å². The van der Waals surface area contributed by atoms with Crippen LogP contribution in [0.25, 0.3) is 0 Å². The van der Waals surface area contributed by atoms with Crippen LogP contribution < -0.4 is 5.32 Å². The highest BCUT2D eigenvalue weighted by molar-refractivity contribution is 6.31. The molecule has 0 amide bonds. The Bertz CT molecular complexity index is 686. The summed E-state index contributed by atoms with van der Waals surface area (Å²) in [5.74, 6) is -0.550. The van der Waals surface area contributed by atoms with Crippen molar-refractivity contribution in [2.75, 3.05) is 11.9 Å². The number of halogens is 2. The van der Waals surface area contributed by atoms with Crippen molar-refractivity contribution < 1.29 is 9.18 Å². The summed E-state index contributed by atoms with van der Waals surface area (Å²) in [6.07, 6.45) is 0.915. The van der Waals surface area contributed by atoms with Crippen LogP contribution in [0.4, 0.5) is 10.1 Å². The zero-order valence-corrected chi connectivity index (χ0v) is 12.2. The third-order valence-corrected chi connectivity index (χ3v) is 4.29. The standard InChI is InChI=1S/C17H15ClFNO/c18-17-11(4-3-6-14(17)19)10-16(21)13-8-9-20-15-7-2-1-5-12(13)15/h1-7,13,20H,8-10H2. The van der Waals surface area contributed by atoms with Gasteiger partial charge < -0.3 is 5.32 Å². The van der Waals surface area contributed by atoms with Crippen LogP contribution in [0.3, 0.4) is 0 Å². The van der Waals surface area contributed by atoms with Gasteiger partial charge in [-0.15, -0.1) is 0 Å². The summed E-state index contributed by atoms with van der Waals surface area (Å²) in [4.78, 5) is 12.6. The number of nitrogens with one attached hydrogen (secondary N) is 1. The number of para-hydroxylation sites is 1. The maximum atomic E-state index is 13.5. The second-order valence-corrected chi connectivity index (χ2v) is 5.59. The molecule has 0 bridgehead atoms. The summed E-state index contributed by atoms with van der Waals surface area (Å²) in [6, 6.07) is 12.4. The van der Waals surface area contributed by atoms with Gasteiger partial charge in [0.05, 0.1) is 5.02 Å². The molecule has 21 heavy (non-hydrogen) atoms. The van der Waals surface area contributed by atoms with Crippen molar-refractivity contribution in [3.8, 4) is 0 Å². The SMILES string of the molecule is O=C(Cc1cccc(F)c1Cl)C1CCNc2ccccc21. The number of benzene rings is 2. The predicted octanol–water partition coefficient (Wildman–Crippen LogP) is 4.19. The average Bonchev–Trinajstić information content (AvgIpc) is 2.51. The van der Waals surface area contributed by atoms with Gasteiger partial charge >= 0.3 is 0 Å². The minimum absolute atomic E-state index is 0.0491. The third kappa shape index (κ3) is 2.79. The van der Waals surface area contributed by atoms with Crippen molar-refractivity contribution in [2.24, 2.45) is 0 Å². The Morgan fingerprint density at radius 3 is 2.90 bits per heavy atom. The molecule has 1 N–H and O–H groups in total. The molecular formula is C17H15ClFNO. The Hall–Kier alpha value is -1.87. The molecule has 0 radical (unpaired) electrons. The molecule has 0 fully saturated rings. The number of fused-ring (bicyclic) bond motifs is 1. The summed E-state index contributed by atoms with van der Waals surface area (Å²) < 4.78 is 13.5. The van der Waals surface area contributed by atoms with Crippen LogP contribution >= 0.6 is 11.6 Å². The average molecular weight is 304 g/mol. The molecule has 1 atom stereocenters. The van der Waals surface area contributed by atoms with Crippen molar-refractivity contribution in [2.45, 2.75) is 18.8 Å². The smallest absolute Gasteiger partial charge is 0.144 e. The van der Waals surface area contributed by atoms with E-state index in [9.17, 15) is 9.18 Å². The van der Waals surface area contributed by atoms with Gasteiger partial charge in [-0.3, -0.25) is 4.79 Å². The van der Waals surface area contributed by atoms with E-state index in [2.05, 4.69) is 5.32 Å². The van der Waals surface area contributed by atoms with Gasteiger partial charge in [-0.1, -0.05) is 41.9 Å². The lowest BCUT2D eigenvalue weighted by Crippen LogP contribution is -2.24. The fraction of sp³-hybridized carbons (Fsp3) is 0.235. The van der Waals surface area contributed by atoms with E-state index in [-0.39, 0.29) is 23.1 Å². The maximum absolute atomic E-state index is 13.5. The molecule has 1 heterocycles. The highest BCUT2D eigenvalue weighted by atomic mass is 35.5. The van der Waals surface area contributed by atoms with E-state index < -0.39 is 5.82 Å². The molecule has 108 valence electrons. The van der Waals surface area contributed by atoms with E-state index >= 15 is 0 Å². The van der Waals surface area contributed by atoms with Crippen LogP contribution in [0.2, 0.25) is 5.02 Å². The fourth-order valence-corrected chi connectivity index (χ4v) is 2.99. The molecule has 0 saturated carbocycles. The molecular weight excluding hydrogens is 289 g/mol. The number of ketones is 1. The second-order valence-electron chi connectivity index (χ2n) is 5.21. The molecule has 4 heteroatoms. The highest BCUT2D eigenvalue weighted by Crippen LogP contribution is 2.33. The summed E-state index contributed by atoms with van der Waals surface area (Å²) in [7, 11) is 0. The molecule has 1 unspecified atom stereocenters. The Labute approximate surface area is 127 Å². The van der Waals surface area contributed by atoms with Crippen LogP contribution in [-0.4, -0.2) is 12.3 Å². The van der Waals surface area contributed by atoms with Crippen molar-refractivity contribution in [3.63, 3.8) is 0 Å². The molecule has 2 nitrogen and oxygen atoms in total. The van der Waals surface area contributed by atoms with E-state index in [1.54, 1.807) is 12.1 Å². The first-order chi connectivity index (χ1) is 10.2. The first-order valence-electron chi connectivity index (χ1n) is 6.95. The maximum Gasteiger partial charge on any atom is 0.144 e. The topological polar surface area (TPSA) is 29.1 Å². The molecule has 0 saturated heterocycles. The van der Waals surface area contributed by atoms with E-state index in [0.29, 0.717) is 5.56 Å². The van der Waals surface area contributed by atoms with Gasteiger partial charge in [0.15, 0.2) is 0 Å². The summed E-state index contributed by atoms with van der Waals surface area (Å²) in [5, 5.41) is 3.34. The van der Waals surface area contributed by atoms with Gasteiger partial charge in [0.1, 0.15) is 11.6 Å². The molecule has 2 aromatic carbocycles. The van der Waals surface area contributed by atoms with Crippen LogP contribution in [0, 0.1) is 5.82 Å². The molecule has 3 rings (SSSR count). The number of carbonyl (C=O) groups is 1. The summed E-state index contributed by atoms with van der Waals surface area (Å²) >= 11 is 5.94. The number of rotatable bonds is 3. The largest absolute Gasteiger partial charge is 0.385 e. The summed E-state index contributed by atoms with van der Waals surface area (Å²) in [5.41, 5.74) is 2.58. The predicted molar refractivity (Wildman–Crippen MR) is 82.4 cm³/mol. The highest BCUT2D eigenvalue weighted by Gasteiger charge is 2.26. The van der Waals surface area contributed by atoms with Gasteiger partial charge in [-0.05, 0) is 29.7 Å². The van der Waals surface area contributed by atoms with Crippen molar-refractivity contribution >= 4 is 23.1 Å². The monoisotopic (exact) mass is 303 g/mol. The van der Waals surface area contributed by atoms with Crippen LogP contribution in [0.15, 0.2) is 42.5 Å². The first kappa shape index (κ1) is 14.1. The van der Waals surface area contributed by atoms with Gasteiger partial charge in [0, 0.05) is 24.6 Å². The zero-order valence-electron chi connectivity index (χ0n) is 11.4. The number of hydrogen-bond acceptors (Lipinski definition) is 2. The van der Waals surface area contributed by atoms with E-state index in [1.165, 1.54) is 6.07 Å². The minimum Gasteiger partial charge on any atom is -0.385 e. The van der Waals surface area contributed by atoms with Crippen molar-refractivity contribution in [1.29, 1.82) is 0 Å². The Morgan fingerprint density at radius 1 is 1.24 bits per heavy atom. The lowest BCUT2D eigenvalue weighted by molar-refractivity contribution is -0.120. The van der Waals surface area contributed by atoms with Crippen LogP contribution in [0.5, 0.6) is 0 Å². The van der Waals surface area contributed by atoms with Crippen LogP contribution in [0.1, 0.15) is 23.5 Å². The molecule has 1 aliphatic rings. The molecule has 1 aliphatic heterocycles. The first-order valence-corrected chi connectivity index (χ1v) is 7.33. The number of Topliss-reactive ketones (excluding diaryl/α,β-unsaturated/α-hetero) is 1. The number of anilines is 1. The Balaban J connectivity index is 1.85. The van der Waals surface area contributed by atoms with E-state index in [4.69, 9.17) is 11.6 Å². The summed E-state index contributed by atoms with van der Waals surface area (Å²) in [6.45, 7) is 0.768. The van der Waals surface area contributed by atoms with Gasteiger partial charge in [0.2, 0.25) is 0 Å². The quantitative estimate of drug-likeness (QED) is 0.921. The number of hydrogen-bond donors (Lipinski definition) is 1. The minimum atomic E-state index is -0.479. The lowest BCUT2D eigenvalue weighted by atomic mass is 9.85. The van der Waals surface area contributed by atoms with Gasteiger partial charge in [-0.2, -0.15) is 0 Å². The Kier molecular flexibility index (Phi) is 3.93. The van der Waals surface area contributed by atoms with E-state index in [0.717, 1.165) is 24.2 Å². The lowest BCUT2D eigenvalue weighted by Gasteiger charge is -2.25.